The Morgan fingerprint density at radius 3 is 1.76 bits per heavy atom. The first kappa shape index (κ1) is 22.5. The van der Waals surface area contributed by atoms with E-state index in [9.17, 15) is 0 Å². The van der Waals surface area contributed by atoms with Crippen molar-refractivity contribution in [3.05, 3.63) is 107 Å². The van der Waals surface area contributed by atoms with Gasteiger partial charge in [-0.3, -0.25) is 0 Å². The number of anilines is 2. The topological polar surface area (TPSA) is 3.24 Å². The number of benzene rings is 2. The molecular formula is C28H35N. The van der Waals surface area contributed by atoms with Crippen molar-refractivity contribution in [2.75, 3.05) is 4.90 Å². The zero-order valence-electron chi connectivity index (χ0n) is 19.1. The van der Waals surface area contributed by atoms with Crippen LogP contribution in [0, 0.1) is 6.92 Å². The van der Waals surface area contributed by atoms with Crippen LogP contribution >= 0.6 is 0 Å². The molecule has 0 N–H and O–H groups in total. The van der Waals surface area contributed by atoms with Crippen molar-refractivity contribution in [2.24, 2.45) is 0 Å². The van der Waals surface area contributed by atoms with Crippen molar-refractivity contribution in [1.82, 2.24) is 0 Å². The van der Waals surface area contributed by atoms with E-state index < -0.39 is 0 Å². The molecule has 0 bridgehead atoms. The monoisotopic (exact) mass is 385 g/mol. The van der Waals surface area contributed by atoms with Gasteiger partial charge in [-0.2, -0.15) is 0 Å². The van der Waals surface area contributed by atoms with E-state index in [0.717, 1.165) is 22.6 Å². The van der Waals surface area contributed by atoms with Crippen LogP contribution in [-0.4, -0.2) is 0 Å². The molecule has 0 heterocycles. The Labute approximate surface area is 177 Å². The Bertz CT molecular complexity index is 914. The molecule has 2 aromatic carbocycles. The third-order valence-electron chi connectivity index (χ3n) is 4.97. The van der Waals surface area contributed by atoms with Crippen LogP contribution < -0.4 is 4.90 Å². The number of hydrogen-bond acceptors (Lipinski definition) is 1. The van der Waals surface area contributed by atoms with Crippen LogP contribution in [0.1, 0.15) is 52.7 Å². The highest BCUT2D eigenvalue weighted by Gasteiger charge is 2.20. The minimum absolute atomic E-state index is 0.126. The number of aryl methyl sites for hydroxylation is 1. The zero-order valence-corrected chi connectivity index (χ0v) is 19.1. The molecular weight excluding hydrogens is 350 g/mol. The molecule has 0 aromatic heterocycles. The Morgan fingerprint density at radius 2 is 1.31 bits per heavy atom. The van der Waals surface area contributed by atoms with E-state index in [1.807, 2.05) is 19.9 Å². The van der Waals surface area contributed by atoms with Crippen molar-refractivity contribution in [3.8, 4) is 0 Å². The van der Waals surface area contributed by atoms with Crippen LogP contribution in [0.15, 0.2) is 96.3 Å². The van der Waals surface area contributed by atoms with Crippen LogP contribution in [0.25, 0.3) is 0 Å². The lowest BCUT2D eigenvalue weighted by molar-refractivity contribution is 0.590. The molecule has 0 unspecified atom stereocenters. The first-order chi connectivity index (χ1) is 13.7. The summed E-state index contributed by atoms with van der Waals surface area (Å²) in [4.78, 5) is 2.31. The van der Waals surface area contributed by atoms with Gasteiger partial charge in [0.1, 0.15) is 0 Å². The van der Waals surface area contributed by atoms with Crippen molar-refractivity contribution in [3.63, 3.8) is 0 Å². The maximum atomic E-state index is 4.37. The summed E-state index contributed by atoms with van der Waals surface area (Å²) >= 11 is 0. The largest absolute Gasteiger partial charge is 0.310 e. The average molecular weight is 386 g/mol. The summed E-state index contributed by atoms with van der Waals surface area (Å²) in [5.41, 5.74) is 8.23. The normalized spacial score (nSPS) is 13.1. The van der Waals surface area contributed by atoms with Crippen molar-refractivity contribution in [2.45, 2.75) is 53.9 Å². The van der Waals surface area contributed by atoms with E-state index in [2.05, 4.69) is 113 Å². The maximum absolute atomic E-state index is 4.37. The van der Waals surface area contributed by atoms with Crippen LogP contribution in [0.2, 0.25) is 0 Å². The van der Waals surface area contributed by atoms with Gasteiger partial charge in [0.15, 0.2) is 0 Å². The predicted octanol–water partition coefficient (Wildman–Crippen LogP) is 8.41. The van der Waals surface area contributed by atoms with Gasteiger partial charge in [-0.15, -0.1) is 0 Å². The predicted molar refractivity (Wildman–Crippen MR) is 130 cm³/mol. The molecule has 0 saturated carbocycles. The number of nitrogens with zero attached hydrogens (tertiary/aromatic N) is 1. The second-order valence-electron chi connectivity index (χ2n) is 8.52. The van der Waals surface area contributed by atoms with Gasteiger partial charge < -0.3 is 4.90 Å². The van der Waals surface area contributed by atoms with Crippen LogP contribution in [0.4, 0.5) is 11.4 Å². The SMILES string of the molecule is C=C(C=CC)C(=C(C)C=CC)N(c1ccc(C)cc1)c1ccc(C(C)(C)C)cc1. The van der Waals surface area contributed by atoms with Gasteiger partial charge in [0.05, 0.1) is 5.70 Å². The molecule has 29 heavy (non-hydrogen) atoms. The number of allylic oxidation sites excluding steroid dienone is 5. The van der Waals surface area contributed by atoms with E-state index in [1.54, 1.807) is 0 Å². The Kier molecular flexibility index (Phi) is 7.45. The molecule has 0 aliphatic rings. The quantitative estimate of drug-likeness (QED) is 0.451. The molecule has 0 radical (unpaired) electrons. The van der Waals surface area contributed by atoms with E-state index in [-0.39, 0.29) is 5.41 Å². The fraction of sp³-hybridized carbons (Fsp3) is 0.286. The van der Waals surface area contributed by atoms with E-state index in [1.165, 1.54) is 16.7 Å². The van der Waals surface area contributed by atoms with Gasteiger partial charge >= 0.3 is 0 Å². The summed E-state index contributed by atoms with van der Waals surface area (Å²) in [5, 5.41) is 0. The van der Waals surface area contributed by atoms with Crippen molar-refractivity contribution < 1.29 is 0 Å². The smallest absolute Gasteiger partial charge is 0.0556 e. The minimum atomic E-state index is 0.126. The summed E-state index contributed by atoms with van der Waals surface area (Å²) in [6, 6.07) is 17.6. The molecule has 1 heteroatoms. The molecule has 0 fully saturated rings. The summed E-state index contributed by atoms with van der Waals surface area (Å²) in [7, 11) is 0. The highest BCUT2D eigenvalue weighted by atomic mass is 15.2. The third-order valence-corrected chi connectivity index (χ3v) is 4.97. The molecule has 0 spiro atoms. The Hall–Kier alpha value is -2.80. The highest BCUT2D eigenvalue weighted by molar-refractivity contribution is 5.73. The summed E-state index contributed by atoms with van der Waals surface area (Å²) in [6.45, 7) is 19.5. The standard InChI is InChI=1S/C28H35N/c1-9-11-22(4)27(23(5)12-10-2)29(25-17-13-21(3)14-18-25)26-19-15-24(16-20-26)28(6,7)8/h9-20H,4H2,1-3,5-8H3. The van der Waals surface area contributed by atoms with Gasteiger partial charge in [0.2, 0.25) is 0 Å². The molecule has 0 amide bonds. The average Bonchev–Trinajstić information content (AvgIpc) is 2.66. The lowest BCUT2D eigenvalue weighted by Gasteiger charge is -2.31. The number of hydrogen-bond donors (Lipinski definition) is 0. The molecule has 2 aromatic rings. The summed E-state index contributed by atoms with van der Waals surface area (Å²) in [5.74, 6) is 0. The molecule has 0 aliphatic heterocycles. The van der Waals surface area contributed by atoms with Crippen LogP contribution in [-0.2, 0) is 5.41 Å². The molecule has 2 rings (SSSR count). The second kappa shape index (κ2) is 9.60. The first-order valence-electron chi connectivity index (χ1n) is 10.3. The van der Waals surface area contributed by atoms with Crippen LogP contribution in [0.5, 0.6) is 0 Å². The van der Waals surface area contributed by atoms with E-state index >= 15 is 0 Å². The maximum Gasteiger partial charge on any atom is 0.0556 e. The van der Waals surface area contributed by atoms with E-state index in [4.69, 9.17) is 0 Å². The molecule has 152 valence electrons. The molecule has 0 atom stereocenters. The molecule has 1 nitrogen and oxygen atoms in total. The van der Waals surface area contributed by atoms with Gasteiger partial charge in [-0.1, -0.05) is 81.5 Å². The zero-order chi connectivity index (χ0) is 21.6. The van der Waals surface area contributed by atoms with Gasteiger partial charge in [-0.05, 0) is 74.1 Å². The number of rotatable bonds is 6. The van der Waals surface area contributed by atoms with E-state index in [0.29, 0.717) is 0 Å². The van der Waals surface area contributed by atoms with Crippen molar-refractivity contribution >= 4 is 11.4 Å². The fourth-order valence-corrected chi connectivity index (χ4v) is 3.39. The third kappa shape index (κ3) is 5.60. The lowest BCUT2D eigenvalue weighted by Crippen LogP contribution is -2.19. The van der Waals surface area contributed by atoms with Gasteiger partial charge in [0, 0.05) is 11.4 Å². The Morgan fingerprint density at radius 1 is 0.828 bits per heavy atom. The fourth-order valence-electron chi connectivity index (χ4n) is 3.39. The van der Waals surface area contributed by atoms with Crippen molar-refractivity contribution in [1.29, 1.82) is 0 Å². The summed E-state index contributed by atoms with van der Waals surface area (Å²) in [6.07, 6.45) is 8.34. The summed E-state index contributed by atoms with van der Waals surface area (Å²) < 4.78 is 0. The second-order valence-corrected chi connectivity index (χ2v) is 8.52. The molecule has 0 saturated heterocycles. The lowest BCUT2D eigenvalue weighted by atomic mass is 9.87. The van der Waals surface area contributed by atoms with Gasteiger partial charge in [0.25, 0.3) is 0 Å². The van der Waals surface area contributed by atoms with Crippen LogP contribution in [0.3, 0.4) is 0 Å². The minimum Gasteiger partial charge on any atom is -0.310 e. The first-order valence-corrected chi connectivity index (χ1v) is 10.3. The Balaban J connectivity index is 2.73. The molecule has 0 aliphatic carbocycles. The highest BCUT2D eigenvalue weighted by Crippen LogP contribution is 2.36. The van der Waals surface area contributed by atoms with Gasteiger partial charge in [-0.25, -0.2) is 0 Å².